The van der Waals surface area contributed by atoms with Crippen molar-refractivity contribution in [2.75, 3.05) is 0 Å². The summed E-state index contributed by atoms with van der Waals surface area (Å²) in [6.07, 6.45) is -3.34. The number of H-pyrrole nitrogens is 1. The average Bonchev–Trinajstić information content (AvgIpc) is 2.83. The van der Waals surface area contributed by atoms with E-state index in [1.54, 1.807) is 11.9 Å². The molecule has 1 fully saturated rings. The minimum Gasteiger partial charge on any atom is -0.390 e. The Hall–Kier alpha value is -1.36. The number of aromatic nitrogens is 2. The van der Waals surface area contributed by atoms with E-state index in [1.165, 1.54) is 0 Å². The molecule has 1 unspecified atom stereocenters. The third kappa shape index (κ3) is 4.38. The second-order valence-corrected chi connectivity index (χ2v) is 6.62. The van der Waals surface area contributed by atoms with Crippen LogP contribution in [-0.2, 0) is 13.8 Å². The highest BCUT2D eigenvalue weighted by molar-refractivity contribution is 7.46. The van der Waals surface area contributed by atoms with Crippen molar-refractivity contribution in [1.29, 1.82) is 0 Å². The maximum atomic E-state index is 13.4. The van der Waals surface area contributed by atoms with Gasteiger partial charge in [-0.25, -0.2) is 9.36 Å². The molecule has 2 rings (SSSR count). The van der Waals surface area contributed by atoms with E-state index in [4.69, 9.17) is 14.5 Å². The van der Waals surface area contributed by atoms with Crippen LogP contribution in [0.15, 0.2) is 15.8 Å². The number of aliphatic hydroxyl groups excluding tert-OH is 1. The van der Waals surface area contributed by atoms with Crippen molar-refractivity contribution in [1.82, 2.24) is 9.55 Å². The average molecular weight is 368 g/mol. The van der Waals surface area contributed by atoms with Crippen LogP contribution in [0.1, 0.15) is 32.4 Å². The Bertz CT molecular complexity index is 743. The van der Waals surface area contributed by atoms with Gasteiger partial charge in [-0.2, -0.15) is 4.39 Å². The fourth-order valence-electron chi connectivity index (χ4n) is 2.60. The largest absolute Gasteiger partial charge is 0.469 e. The summed E-state index contributed by atoms with van der Waals surface area (Å²) in [6, 6.07) is 0. The summed E-state index contributed by atoms with van der Waals surface area (Å²) in [5.41, 5.74) is -2.11. The summed E-state index contributed by atoms with van der Waals surface area (Å²) in [6.45, 7) is 1.75. The number of ether oxygens (including phenoxy) is 1. The zero-order chi connectivity index (χ0) is 18.1. The van der Waals surface area contributed by atoms with Crippen LogP contribution in [0.25, 0.3) is 0 Å². The molecule has 4 atom stereocenters. The van der Waals surface area contributed by atoms with Gasteiger partial charge in [-0.05, 0) is 6.42 Å². The molecule has 0 bridgehead atoms. The molecule has 24 heavy (non-hydrogen) atoms. The van der Waals surface area contributed by atoms with Crippen molar-refractivity contribution in [2.24, 2.45) is 0 Å². The summed E-state index contributed by atoms with van der Waals surface area (Å²) >= 11 is 0. The maximum absolute atomic E-state index is 13.4. The van der Waals surface area contributed by atoms with Crippen LogP contribution in [0.3, 0.4) is 0 Å². The van der Waals surface area contributed by atoms with Crippen molar-refractivity contribution < 1.29 is 33.1 Å². The van der Waals surface area contributed by atoms with E-state index in [0.29, 0.717) is 12.6 Å². The number of hydrogen-bond donors (Lipinski definition) is 4. The molecule has 0 spiro atoms. The van der Waals surface area contributed by atoms with Gasteiger partial charge < -0.3 is 19.6 Å². The summed E-state index contributed by atoms with van der Waals surface area (Å²) in [5, 5.41) is 10.1. The van der Waals surface area contributed by atoms with E-state index < -0.39 is 49.4 Å². The molecule has 10 nitrogen and oxygen atoms in total. The minimum atomic E-state index is -4.81. The molecule has 0 radical (unpaired) electrons. The summed E-state index contributed by atoms with van der Waals surface area (Å²) < 4.78 is 35.3. The number of aliphatic hydroxyl groups is 1. The molecule has 1 aliphatic rings. The second-order valence-electron chi connectivity index (χ2n) is 5.43. The Kier molecular flexibility index (Phi) is 5.74. The molecule has 0 amide bonds. The predicted molar refractivity (Wildman–Crippen MR) is 77.6 cm³/mol. The normalized spacial score (nSPS) is 25.8. The molecule has 1 aliphatic heterocycles. The zero-order valence-corrected chi connectivity index (χ0v) is 13.6. The molecule has 136 valence electrons. The summed E-state index contributed by atoms with van der Waals surface area (Å²) in [5.74, 6) is -1.20. The highest BCUT2D eigenvalue weighted by Gasteiger charge is 2.42. The fraction of sp³-hybridized carbons (Fsp3) is 0.667. The first-order valence-electron chi connectivity index (χ1n) is 7.20. The lowest BCUT2D eigenvalue weighted by Gasteiger charge is -2.25. The fourth-order valence-corrected chi connectivity index (χ4v) is 3.17. The van der Waals surface area contributed by atoms with Gasteiger partial charge in [0.15, 0.2) is 0 Å². The van der Waals surface area contributed by atoms with Gasteiger partial charge in [0, 0.05) is 6.42 Å². The minimum absolute atomic E-state index is 0.138. The molecule has 1 saturated heterocycles. The molecule has 0 aliphatic carbocycles. The first-order valence-corrected chi connectivity index (χ1v) is 8.74. The molecular formula is C12H18FN2O8P. The topological polar surface area (TPSA) is 151 Å². The van der Waals surface area contributed by atoms with Crippen LogP contribution in [0.5, 0.6) is 0 Å². The van der Waals surface area contributed by atoms with Crippen molar-refractivity contribution in [3.63, 3.8) is 0 Å². The van der Waals surface area contributed by atoms with Gasteiger partial charge >= 0.3 is 13.5 Å². The van der Waals surface area contributed by atoms with Crippen LogP contribution in [0.4, 0.5) is 4.39 Å². The lowest BCUT2D eigenvalue weighted by Crippen LogP contribution is -2.37. The molecule has 1 aromatic rings. The number of rotatable bonds is 6. The van der Waals surface area contributed by atoms with Gasteiger partial charge in [0.25, 0.3) is 5.56 Å². The van der Waals surface area contributed by atoms with Gasteiger partial charge in [0.05, 0.1) is 18.4 Å². The number of nitrogens with one attached hydrogen (secondary N) is 1. The van der Waals surface area contributed by atoms with E-state index in [0.717, 1.165) is 4.57 Å². The number of halogens is 1. The number of aromatic amines is 1. The molecule has 1 aromatic heterocycles. The van der Waals surface area contributed by atoms with Gasteiger partial charge in [-0.3, -0.25) is 18.9 Å². The lowest BCUT2D eigenvalue weighted by molar-refractivity contribution is -0.0829. The zero-order valence-electron chi connectivity index (χ0n) is 12.7. The molecule has 4 N–H and O–H groups in total. The Morgan fingerprint density at radius 3 is 2.79 bits per heavy atom. The van der Waals surface area contributed by atoms with Crippen LogP contribution in [-0.4, -0.2) is 42.8 Å². The van der Waals surface area contributed by atoms with E-state index in [9.17, 15) is 23.7 Å². The Morgan fingerprint density at radius 1 is 1.54 bits per heavy atom. The van der Waals surface area contributed by atoms with Gasteiger partial charge in [0.2, 0.25) is 5.82 Å². The van der Waals surface area contributed by atoms with Crippen LogP contribution in [0.2, 0.25) is 0 Å². The number of hydrogen-bond acceptors (Lipinski definition) is 6. The van der Waals surface area contributed by atoms with E-state index in [1.807, 2.05) is 0 Å². The van der Waals surface area contributed by atoms with Crippen LogP contribution in [0, 0.1) is 5.82 Å². The first-order chi connectivity index (χ1) is 11.1. The third-order valence-electron chi connectivity index (χ3n) is 3.58. The number of phosphoric ester groups is 1. The summed E-state index contributed by atoms with van der Waals surface area (Å²) in [7, 11) is -4.81. The van der Waals surface area contributed by atoms with Crippen molar-refractivity contribution in [2.45, 2.75) is 50.7 Å². The highest BCUT2D eigenvalue weighted by Crippen LogP contribution is 2.42. The molecular weight excluding hydrogens is 350 g/mol. The maximum Gasteiger partial charge on any atom is 0.469 e. The van der Waals surface area contributed by atoms with Crippen molar-refractivity contribution in [3.05, 3.63) is 32.9 Å². The third-order valence-corrected chi connectivity index (χ3v) is 4.13. The first kappa shape index (κ1) is 19.0. The highest BCUT2D eigenvalue weighted by atomic mass is 31.2. The Morgan fingerprint density at radius 2 is 2.21 bits per heavy atom. The molecule has 0 aromatic carbocycles. The summed E-state index contributed by atoms with van der Waals surface area (Å²) in [4.78, 5) is 42.5. The van der Waals surface area contributed by atoms with Gasteiger partial charge in [0.1, 0.15) is 12.3 Å². The van der Waals surface area contributed by atoms with E-state index in [2.05, 4.69) is 4.52 Å². The van der Waals surface area contributed by atoms with E-state index >= 15 is 0 Å². The van der Waals surface area contributed by atoms with Gasteiger partial charge in [-0.1, -0.05) is 13.3 Å². The number of nitrogens with zero attached hydrogens (tertiary/aromatic N) is 1. The lowest BCUT2D eigenvalue weighted by atomic mass is 10.0. The monoisotopic (exact) mass is 368 g/mol. The Balaban J connectivity index is 2.25. The standard InChI is InChI=1S/C12H18FN2O8P/c1-2-3-8(23-24(19,20)21)10-7(16)4-9(22-10)15-5-6(13)11(17)14-12(15)18/h5,7-10,16H,2-4H2,1H3,(H,14,17,18)(H2,19,20,21)/t7?,8-,9-,10+/m1/s1. The quantitative estimate of drug-likeness (QED) is 0.495. The van der Waals surface area contributed by atoms with Gasteiger partial charge in [-0.15, -0.1) is 0 Å². The smallest absolute Gasteiger partial charge is 0.390 e. The second kappa shape index (κ2) is 7.26. The van der Waals surface area contributed by atoms with Crippen molar-refractivity contribution >= 4 is 7.82 Å². The SMILES string of the molecule is CCC[C@@H](OP(=O)(O)O)[C@H]1O[C@@H](n2cc(F)c(=O)[nH]c2=O)CC1O. The molecule has 2 heterocycles. The predicted octanol–water partition coefficient (Wildman–Crippen LogP) is -0.398. The van der Waals surface area contributed by atoms with Crippen LogP contribution >= 0.6 is 7.82 Å². The van der Waals surface area contributed by atoms with Crippen LogP contribution < -0.4 is 11.2 Å². The van der Waals surface area contributed by atoms with E-state index in [-0.39, 0.29) is 12.8 Å². The van der Waals surface area contributed by atoms with Crippen molar-refractivity contribution in [3.8, 4) is 0 Å². The molecule has 12 heteroatoms. The number of phosphoric acid groups is 1. The Labute approximate surface area is 135 Å². The molecule has 0 saturated carbocycles.